The number of hydrogen-bond donors (Lipinski definition) is 3. The lowest BCUT2D eigenvalue weighted by Gasteiger charge is -2.09. The Morgan fingerprint density at radius 2 is 1.94 bits per heavy atom. The molecule has 6 nitrogen and oxygen atoms in total. The molecular weight excluding hydrogens is 208 g/mol. The second-order valence-corrected chi connectivity index (χ2v) is 3.21. The van der Waals surface area contributed by atoms with Crippen LogP contribution in [0, 0.1) is 0 Å². The summed E-state index contributed by atoms with van der Waals surface area (Å²) in [6, 6.07) is 1.76. The quantitative estimate of drug-likeness (QED) is 0.653. The van der Waals surface area contributed by atoms with Crippen molar-refractivity contribution in [2.24, 2.45) is 0 Å². The van der Waals surface area contributed by atoms with Crippen LogP contribution in [0.5, 0.6) is 0 Å². The standard InChI is InChI=1S/C10H16N4O2/c1-11-7-4-5-14(6-8(15)12-2)9(7)10(16)13-3/h4-5,11H,6H2,1-3H3,(H,12,15)(H,13,16). The van der Waals surface area contributed by atoms with Gasteiger partial charge in [0.15, 0.2) is 0 Å². The molecule has 16 heavy (non-hydrogen) atoms. The summed E-state index contributed by atoms with van der Waals surface area (Å²) >= 11 is 0. The molecule has 88 valence electrons. The minimum atomic E-state index is -0.224. The van der Waals surface area contributed by atoms with Crippen LogP contribution < -0.4 is 16.0 Å². The summed E-state index contributed by atoms with van der Waals surface area (Å²) in [6.07, 6.45) is 1.70. The number of amides is 2. The predicted octanol–water partition coefficient (Wildman–Crippen LogP) is -0.365. The summed E-state index contributed by atoms with van der Waals surface area (Å²) in [7, 11) is 4.84. The van der Waals surface area contributed by atoms with Gasteiger partial charge in [-0.25, -0.2) is 0 Å². The molecule has 0 radical (unpaired) electrons. The maximum absolute atomic E-state index is 11.6. The normalized spacial score (nSPS) is 9.69. The first-order chi connectivity index (χ1) is 7.63. The molecule has 0 spiro atoms. The summed E-state index contributed by atoms with van der Waals surface area (Å²) in [5.74, 6) is -0.373. The molecule has 0 saturated carbocycles. The number of hydrogen-bond acceptors (Lipinski definition) is 3. The maximum Gasteiger partial charge on any atom is 0.269 e. The fraction of sp³-hybridized carbons (Fsp3) is 0.400. The highest BCUT2D eigenvalue weighted by Crippen LogP contribution is 2.16. The van der Waals surface area contributed by atoms with Gasteiger partial charge in [0.1, 0.15) is 12.2 Å². The van der Waals surface area contributed by atoms with Gasteiger partial charge in [-0.3, -0.25) is 9.59 Å². The molecule has 1 rings (SSSR count). The molecule has 1 aromatic heterocycles. The number of rotatable bonds is 4. The van der Waals surface area contributed by atoms with E-state index in [2.05, 4.69) is 16.0 Å². The molecule has 3 N–H and O–H groups in total. The highest BCUT2D eigenvalue weighted by molar-refractivity contribution is 5.98. The minimum absolute atomic E-state index is 0.126. The van der Waals surface area contributed by atoms with Crippen molar-refractivity contribution in [2.45, 2.75) is 6.54 Å². The summed E-state index contributed by atoms with van der Waals surface area (Å²) in [5, 5.41) is 7.96. The molecule has 0 aliphatic heterocycles. The van der Waals surface area contributed by atoms with Gasteiger partial charge in [-0.2, -0.15) is 0 Å². The van der Waals surface area contributed by atoms with Crippen molar-refractivity contribution in [3.63, 3.8) is 0 Å². The monoisotopic (exact) mass is 224 g/mol. The van der Waals surface area contributed by atoms with Gasteiger partial charge in [0.05, 0.1) is 5.69 Å². The lowest BCUT2D eigenvalue weighted by atomic mass is 10.3. The molecular formula is C10H16N4O2. The van der Waals surface area contributed by atoms with Crippen LogP contribution in [0.3, 0.4) is 0 Å². The summed E-state index contributed by atoms with van der Waals surface area (Å²) < 4.78 is 1.60. The summed E-state index contributed by atoms with van der Waals surface area (Å²) in [4.78, 5) is 22.9. The fourth-order valence-electron chi connectivity index (χ4n) is 1.41. The van der Waals surface area contributed by atoms with Crippen molar-refractivity contribution in [1.82, 2.24) is 15.2 Å². The lowest BCUT2D eigenvalue weighted by molar-refractivity contribution is -0.121. The number of carbonyl (C=O) groups is 2. The molecule has 0 aliphatic carbocycles. The molecule has 1 aromatic rings. The Morgan fingerprint density at radius 3 is 2.44 bits per heavy atom. The Hall–Kier alpha value is -1.98. The van der Waals surface area contributed by atoms with Crippen LogP contribution in [0.15, 0.2) is 12.3 Å². The SMILES string of the molecule is CNC(=O)Cn1ccc(NC)c1C(=O)NC. The third-order valence-corrected chi connectivity index (χ3v) is 2.27. The van der Waals surface area contributed by atoms with Crippen LogP contribution >= 0.6 is 0 Å². The van der Waals surface area contributed by atoms with Crippen molar-refractivity contribution in [3.8, 4) is 0 Å². The zero-order valence-electron chi connectivity index (χ0n) is 9.63. The van der Waals surface area contributed by atoms with Crippen molar-refractivity contribution in [2.75, 3.05) is 26.5 Å². The number of likely N-dealkylation sites (N-methyl/N-ethyl adjacent to an activating group) is 1. The van der Waals surface area contributed by atoms with Gasteiger partial charge >= 0.3 is 0 Å². The summed E-state index contributed by atoms with van der Waals surface area (Å²) in [5.41, 5.74) is 1.15. The van der Waals surface area contributed by atoms with Gasteiger partial charge in [0, 0.05) is 27.3 Å². The predicted molar refractivity (Wildman–Crippen MR) is 61.4 cm³/mol. The van der Waals surface area contributed by atoms with Crippen molar-refractivity contribution < 1.29 is 9.59 Å². The number of nitrogens with one attached hydrogen (secondary N) is 3. The van der Waals surface area contributed by atoms with E-state index >= 15 is 0 Å². The molecule has 0 aliphatic rings. The Kier molecular flexibility index (Phi) is 3.93. The molecule has 0 saturated heterocycles. The van der Waals surface area contributed by atoms with Crippen molar-refractivity contribution >= 4 is 17.5 Å². The van der Waals surface area contributed by atoms with E-state index in [0.29, 0.717) is 11.4 Å². The minimum Gasteiger partial charge on any atom is -0.386 e. The second-order valence-electron chi connectivity index (χ2n) is 3.21. The first-order valence-corrected chi connectivity index (χ1v) is 4.93. The maximum atomic E-state index is 11.6. The Morgan fingerprint density at radius 1 is 1.25 bits per heavy atom. The zero-order valence-corrected chi connectivity index (χ0v) is 9.63. The fourth-order valence-corrected chi connectivity index (χ4v) is 1.41. The van der Waals surface area contributed by atoms with E-state index in [1.54, 1.807) is 38.0 Å². The molecule has 0 fully saturated rings. The Bertz CT molecular complexity index is 398. The van der Waals surface area contributed by atoms with Crippen LogP contribution in [-0.4, -0.2) is 37.5 Å². The van der Waals surface area contributed by atoms with E-state index < -0.39 is 0 Å². The second kappa shape index (κ2) is 5.20. The Labute approximate surface area is 94.0 Å². The molecule has 0 bridgehead atoms. The van der Waals surface area contributed by atoms with Crippen LogP contribution in [0.4, 0.5) is 5.69 Å². The number of aromatic nitrogens is 1. The molecule has 0 unspecified atom stereocenters. The number of anilines is 1. The average molecular weight is 224 g/mol. The van der Waals surface area contributed by atoms with Crippen LogP contribution in [0.2, 0.25) is 0 Å². The van der Waals surface area contributed by atoms with E-state index in [1.165, 1.54) is 0 Å². The molecule has 0 aromatic carbocycles. The average Bonchev–Trinajstić information content (AvgIpc) is 2.70. The zero-order chi connectivity index (χ0) is 12.1. The number of nitrogens with zero attached hydrogens (tertiary/aromatic N) is 1. The largest absolute Gasteiger partial charge is 0.386 e. The molecule has 0 atom stereocenters. The molecule has 2 amide bonds. The first kappa shape index (κ1) is 12.1. The van der Waals surface area contributed by atoms with E-state index in [9.17, 15) is 9.59 Å². The van der Waals surface area contributed by atoms with E-state index in [-0.39, 0.29) is 18.4 Å². The van der Waals surface area contributed by atoms with Gasteiger partial charge in [-0.05, 0) is 6.07 Å². The highest BCUT2D eigenvalue weighted by atomic mass is 16.2. The number of carbonyl (C=O) groups excluding carboxylic acids is 2. The van der Waals surface area contributed by atoms with Crippen molar-refractivity contribution in [3.05, 3.63) is 18.0 Å². The van der Waals surface area contributed by atoms with E-state index in [1.807, 2.05) is 0 Å². The van der Waals surface area contributed by atoms with Crippen molar-refractivity contribution in [1.29, 1.82) is 0 Å². The van der Waals surface area contributed by atoms with Gasteiger partial charge in [-0.1, -0.05) is 0 Å². The van der Waals surface area contributed by atoms with Crippen LogP contribution in [-0.2, 0) is 11.3 Å². The lowest BCUT2D eigenvalue weighted by Crippen LogP contribution is -2.28. The third-order valence-electron chi connectivity index (χ3n) is 2.27. The van der Waals surface area contributed by atoms with Gasteiger partial charge in [0.25, 0.3) is 5.91 Å². The first-order valence-electron chi connectivity index (χ1n) is 4.93. The van der Waals surface area contributed by atoms with E-state index in [0.717, 1.165) is 0 Å². The van der Waals surface area contributed by atoms with Crippen LogP contribution in [0.25, 0.3) is 0 Å². The Balaban J connectivity index is 3.04. The molecule has 1 heterocycles. The third kappa shape index (κ3) is 2.33. The molecule has 6 heteroatoms. The van der Waals surface area contributed by atoms with Gasteiger partial charge < -0.3 is 20.5 Å². The van der Waals surface area contributed by atoms with E-state index in [4.69, 9.17) is 0 Å². The van der Waals surface area contributed by atoms with Crippen LogP contribution in [0.1, 0.15) is 10.5 Å². The smallest absolute Gasteiger partial charge is 0.269 e. The highest BCUT2D eigenvalue weighted by Gasteiger charge is 2.16. The topological polar surface area (TPSA) is 75.2 Å². The van der Waals surface area contributed by atoms with Gasteiger partial charge in [-0.15, -0.1) is 0 Å². The van der Waals surface area contributed by atoms with Gasteiger partial charge in [0.2, 0.25) is 5.91 Å². The summed E-state index contributed by atoms with van der Waals surface area (Å²) in [6.45, 7) is 0.126.